The lowest BCUT2D eigenvalue weighted by Crippen LogP contribution is -2.28. The van der Waals surface area contributed by atoms with Gasteiger partial charge in [-0.05, 0) is 42.5 Å². The van der Waals surface area contributed by atoms with Gasteiger partial charge >= 0.3 is 15.6 Å². The largest absolute Gasteiger partial charge is 0.534 e. The number of rotatable bonds is 3. The van der Waals surface area contributed by atoms with Gasteiger partial charge in [0.25, 0.3) is 0 Å². The van der Waals surface area contributed by atoms with Crippen molar-refractivity contribution in [1.29, 1.82) is 0 Å². The number of carbonyl (C=O) groups excluding carboxylic acids is 1. The van der Waals surface area contributed by atoms with E-state index in [1.54, 1.807) is 12.1 Å². The minimum Gasteiger partial charge on any atom is -0.376 e. The third-order valence-electron chi connectivity index (χ3n) is 2.84. The Bertz CT molecular complexity index is 955. The molecule has 0 saturated carbocycles. The topological polar surface area (TPSA) is 86.5 Å². The maximum Gasteiger partial charge on any atom is 0.534 e. The molecular weight excluding hydrogens is 359 g/mol. The fourth-order valence-corrected chi connectivity index (χ4v) is 2.11. The van der Waals surface area contributed by atoms with Gasteiger partial charge in [0, 0.05) is 16.7 Å². The number of alkyl halides is 3. The van der Waals surface area contributed by atoms with Crippen LogP contribution in [0.15, 0.2) is 48.5 Å². The molecule has 0 aromatic heterocycles. The molecule has 2 aromatic carbocycles. The summed E-state index contributed by atoms with van der Waals surface area (Å²) >= 11 is 0. The van der Waals surface area contributed by atoms with Crippen molar-refractivity contribution < 1.29 is 30.6 Å². The molecule has 5 nitrogen and oxygen atoms in total. The van der Waals surface area contributed by atoms with E-state index in [4.69, 9.17) is 5.73 Å². The molecule has 130 valence electrons. The summed E-state index contributed by atoms with van der Waals surface area (Å²) in [6.07, 6.45) is 0. The normalized spacial score (nSPS) is 11.3. The van der Waals surface area contributed by atoms with Crippen LogP contribution in [0.2, 0.25) is 0 Å². The molecule has 0 saturated heterocycles. The molecule has 9 heteroatoms. The van der Waals surface area contributed by atoms with E-state index < -0.39 is 27.3 Å². The number of primary amides is 1. The van der Waals surface area contributed by atoms with Crippen molar-refractivity contribution in [2.45, 2.75) is 5.51 Å². The van der Waals surface area contributed by atoms with Crippen molar-refractivity contribution in [2.24, 2.45) is 5.73 Å². The zero-order valence-electron chi connectivity index (χ0n) is 12.4. The first kappa shape index (κ1) is 18.4. The number of amides is 1. The maximum absolute atomic E-state index is 12.3. The predicted molar refractivity (Wildman–Crippen MR) is 83.0 cm³/mol. The summed E-state index contributed by atoms with van der Waals surface area (Å²) in [4.78, 5) is 11.0. The number of hydrogen-bond acceptors (Lipinski definition) is 4. The van der Waals surface area contributed by atoms with Crippen LogP contribution in [-0.2, 0) is 10.1 Å². The molecule has 1 amide bonds. The second kappa shape index (κ2) is 6.86. The van der Waals surface area contributed by atoms with Crippen LogP contribution in [0.5, 0.6) is 5.75 Å². The van der Waals surface area contributed by atoms with Crippen molar-refractivity contribution >= 4 is 16.0 Å². The highest BCUT2D eigenvalue weighted by atomic mass is 32.2. The summed E-state index contributed by atoms with van der Waals surface area (Å²) in [5, 5.41) is 0. The van der Waals surface area contributed by atoms with Gasteiger partial charge in [-0.2, -0.15) is 21.6 Å². The van der Waals surface area contributed by atoms with Gasteiger partial charge in [0.2, 0.25) is 5.91 Å². The molecule has 0 fully saturated rings. The van der Waals surface area contributed by atoms with Gasteiger partial charge in [0.05, 0.1) is 0 Å². The van der Waals surface area contributed by atoms with Crippen LogP contribution in [0.3, 0.4) is 0 Å². The van der Waals surface area contributed by atoms with E-state index in [-0.39, 0.29) is 5.56 Å². The fraction of sp³-hybridized carbons (Fsp3) is 0.0625. The molecule has 0 spiro atoms. The average molecular weight is 369 g/mol. The van der Waals surface area contributed by atoms with Gasteiger partial charge in [0.1, 0.15) is 5.75 Å². The molecule has 0 bridgehead atoms. The van der Waals surface area contributed by atoms with E-state index in [0.29, 0.717) is 11.1 Å². The van der Waals surface area contributed by atoms with Gasteiger partial charge in [-0.3, -0.25) is 4.79 Å². The number of carbonyl (C=O) groups is 1. The quantitative estimate of drug-likeness (QED) is 0.511. The molecule has 0 radical (unpaired) electrons. The molecule has 0 aliphatic carbocycles. The van der Waals surface area contributed by atoms with Gasteiger partial charge in [-0.15, -0.1) is 0 Å². The standard InChI is InChI=1S/C16H10F3NO4S/c17-16(18,19)25(22,23)24-14-3-1-2-12(10-14)5-4-11-6-8-13(9-7-11)15(20)21/h1-3,6-10H,(H2,20,21). The van der Waals surface area contributed by atoms with Gasteiger partial charge in [0.15, 0.2) is 0 Å². The minimum atomic E-state index is -5.74. The summed E-state index contributed by atoms with van der Waals surface area (Å²) in [5.74, 6) is 4.28. The highest BCUT2D eigenvalue weighted by molar-refractivity contribution is 7.88. The lowest BCUT2D eigenvalue weighted by molar-refractivity contribution is -0.0500. The smallest absolute Gasteiger partial charge is 0.376 e. The molecule has 2 N–H and O–H groups in total. The fourth-order valence-electron chi connectivity index (χ4n) is 1.66. The van der Waals surface area contributed by atoms with E-state index >= 15 is 0 Å². The molecule has 25 heavy (non-hydrogen) atoms. The van der Waals surface area contributed by atoms with Gasteiger partial charge < -0.3 is 9.92 Å². The summed E-state index contributed by atoms with van der Waals surface area (Å²) in [5.41, 5.74) is 0.667. The number of hydrogen-bond donors (Lipinski definition) is 1. The molecule has 0 aliphatic heterocycles. The molecular formula is C16H10F3NO4S. The van der Waals surface area contributed by atoms with Crippen molar-refractivity contribution in [3.05, 3.63) is 65.2 Å². The third kappa shape index (κ3) is 4.74. The van der Waals surface area contributed by atoms with Crippen LogP contribution >= 0.6 is 0 Å². The van der Waals surface area contributed by atoms with Crippen LogP contribution in [0.25, 0.3) is 0 Å². The number of halogens is 3. The van der Waals surface area contributed by atoms with E-state index in [1.165, 1.54) is 24.3 Å². The van der Waals surface area contributed by atoms with E-state index in [9.17, 15) is 26.4 Å². The van der Waals surface area contributed by atoms with Crippen molar-refractivity contribution in [3.63, 3.8) is 0 Å². The van der Waals surface area contributed by atoms with Gasteiger partial charge in [-0.1, -0.05) is 17.9 Å². The van der Waals surface area contributed by atoms with Crippen molar-refractivity contribution in [1.82, 2.24) is 0 Å². The molecule has 0 atom stereocenters. The zero-order valence-corrected chi connectivity index (χ0v) is 13.2. The van der Waals surface area contributed by atoms with Crippen molar-refractivity contribution in [2.75, 3.05) is 0 Å². The molecule has 0 unspecified atom stereocenters. The summed E-state index contributed by atoms with van der Waals surface area (Å²) in [6.45, 7) is 0. The third-order valence-corrected chi connectivity index (χ3v) is 3.82. The SMILES string of the molecule is NC(=O)c1ccc(C#Cc2cccc(OS(=O)(=O)C(F)(F)F)c2)cc1. The first-order chi connectivity index (χ1) is 11.6. The Kier molecular flexibility index (Phi) is 5.04. The summed E-state index contributed by atoms with van der Waals surface area (Å²) in [7, 11) is -5.74. The van der Waals surface area contributed by atoms with E-state index in [1.807, 2.05) is 0 Å². The highest BCUT2D eigenvalue weighted by Crippen LogP contribution is 2.27. The predicted octanol–water partition coefficient (Wildman–Crippen LogP) is 2.41. The zero-order chi connectivity index (χ0) is 18.7. The Hall–Kier alpha value is -2.99. The number of benzene rings is 2. The Labute approximate surface area is 141 Å². The van der Waals surface area contributed by atoms with Crippen LogP contribution < -0.4 is 9.92 Å². The van der Waals surface area contributed by atoms with E-state index in [2.05, 4.69) is 16.0 Å². The highest BCUT2D eigenvalue weighted by Gasteiger charge is 2.48. The Morgan fingerprint density at radius 3 is 2.16 bits per heavy atom. The van der Waals surface area contributed by atoms with Crippen LogP contribution in [-0.4, -0.2) is 19.8 Å². The Balaban J connectivity index is 2.22. The lowest BCUT2D eigenvalue weighted by Gasteiger charge is -2.09. The van der Waals surface area contributed by atoms with E-state index in [0.717, 1.165) is 12.1 Å². The Morgan fingerprint density at radius 2 is 1.60 bits per heavy atom. The maximum atomic E-state index is 12.3. The van der Waals surface area contributed by atoms with Crippen LogP contribution in [0.4, 0.5) is 13.2 Å². The molecule has 2 rings (SSSR count). The van der Waals surface area contributed by atoms with Gasteiger partial charge in [-0.25, -0.2) is 0 Å². The summed E-state index contributed by atoms with van der Waals surface area (Å²) in [6, 6.07) is 10.9. The monoisotopic (exact) mass is 369 g/mol. The first-order valence-electron chi connectivity index (χ1n) is 6.61. The van der Waals surface area contributed by atoms with Crippen molar-refractivity contribution in [3.8, 4) is 17.6 Å². The van der Waals surface area contributed by atoms with Crippen LogP contribution in [0.1, 0.15) is 21.5 Å². The molecule has 0 heterocycles. The lowest BCUT2D eigenvalue weighted by atomic mass is 10.1. The second-order valence-corrected chi connectivity index (χ2v) is 6.24. The number of nitrogens with two attached hydrogens (primary N) is 1. The first-order valence-corrected chi connectivity index (χ1v) is 8.02. The minimum absolute atomic E-state index is 0.244. The average Bonchev–Trinajstić information content (AvgIpc) is 2.52. The Morgan fingerprint density at radius 1 is 1.00 bits per heavy atom. The molecule has 0 aliphatic rings. The van der Waals surface area contributed by atoms with Crippen LogP contribution in [0, 0.1) is 11.8 Å². The molecule has 2 aromatic rings. The second-order valence-electron chi connectivity index (χ2n) is 4.70. The summed E-state index contributed by atoms with van der Waals surface area (Å²) < 4.78 is 62.9.